The van der Waals surface area contributed by atoms with Gasteiger partial charge in [0.25, 0.3) is 5.91 Å². The SMILES string of the molecule is O=C(Nc1cc(F)c(N2CCCC2)c(F)c1)c1cc2ccccc2nc1N1CCCC1. The molecule has 0 radical (unpaired) electrons. The monoisotopic (exact) mass is 422 g/mol. The molecule has 0 unspecified atom stereocenters. The fourth-order valence-electron chi connectivity index (χ4n) is 4.52. The Kier molecular flexibility index (Phi) is 5.18. The maximum atomic E-state index is 14.7. The van der Waals surface area contributed by atoms with E-state index in [4.69, 9.17) is 4.98 Å². The quantitative estimate of drug-likeness (QED) is 0.645. The van der Waals surface area contributed by atoms with Crippen LogP contribution in [0.1, 0.15) is 36.0 Å². The van der Waals surface area contributed by atoms with Crippen molar-refractivity contribution in [1.29, 1.82) is 0 Å². The summed E-state index contributed by atoms with van der Waals surface area (Å²) in [6, 6.07) is 11.8. The standard InChI is InChI=1S/C24H24F2N4O/c25-19-14-17(15-20(26)22(19)29-9-3-4-10-29)27-24(31)18-13-16-7-1-2-8-21(16)28-23(18)30-11-5-6-12-30/h1-2,7-8,13-15H,3-6,9-12H2,(H,27,31). The van der Waals surface area contributed by atoms with Crippen LogP contribution in [0.2, 0.25) is 0 Å². The van der Waals surface area contributed by atoms with E-state index in [1.165, 1.54) is 12.1 Å². The zero-order valence-electron chi connectivity index (χ0n) is 17.2. The van der Waals surface area contributed by atoms with Gasteiger partial charge in [-0.1, -0.05) is 18.2 Å². The zero-order valence-corrected chi connectivity index (χ0v) is 17.2. The topological polar surface area (TPSA) is 48.5 Å². The highest BCUT2D eigenvalue weighted by Gasteiger charge is 2.24. The Balaban J connectivity index is 1.48. The molecular weight excluding hydrogens is 398 g/mol. The number of aromatic nitrogens is 1. The number of fused-ring (bicyclic) bond motifs is 1. The first-order valence-electron chi connectivity index (χ1n) is 10.8. The molecule has 2 saturated heterocycles. The number of halogens is 2. The van der Waals surface area contributed by atoms with Gasteiger partial charge in [0, 0.05) is 37.3 Å². The molecule has 0 saturated carbocycles. The molecule has 31 heavy (non-hydrogen) atoms. The van der Waals surface area contributed by atoms with Gasteiger partial charge >= 0.3 is 0 Å². The molecule has 7 heteroatoms. The summed E-state index contributed by atoms with van der Waals surface area (Å²) < 4.78 is 29.4. The van der Waals surface area contributed by atoms with Crippen molar-refractivity contribution in [3.05, 3.63) is 59.7 Å². The summed E-state index contributed by atoms with van der Waals surface area (Å²) in [5.41, 5.74) is 1.31. The minimum Gasteiger partial charge on any atom is -0.367 e. The highest BCUT2D eigenvalue weighted by atomic mass is 19.1. The smallest absolute Gasteiger partial charge is 0.259 e. The lowest BCUT2D eigenvalue weighted by Crippen LogP contribution is -2.24. The van der Waals surface area contributed by atoms with E-state index in [2.05, 4.69) is 10.2 Å². The number of nitrogens with zero attached hydrogens (tertiary/aromatic N) is 3. The summed E-state index contributed by atoms with van der Waals surface area (Å²) >= 11 is 0. The van der Waals surface area contributed by atoms with Crippen LogP contribution in [0.15, 0.2) is 42.5 Å². The lowest BCUT2D eigenvalue weighted by atomic mass is 10.1. The van der Waals surface area contributed by atoms with Gasteiger partial charge in [-0.05, 0) is 49.9 Å². The minimum atomic E-state index is -0.659. The van der Waals surface area contributed by atoms with Crippen molar-refractivity contribution < 1.29 is 13.6 Å². The molecule has 2 fully saturated rings. The summed E-state index contributed by atoms with van der Waals surface area (Å²) in [6.45, 7) is 2.95. The van der Waals surface area contributed by atoms with E-state index in [1.54, 1.807) is 11.0 Å². The number of hydrogen-bond donors (Lipinski definition) is 1. The molecule has 3 heterocycles. The molecule has 0 bridgehead atoms. The molecular formula is C24H24F2N4O. The van der Waals surface area contributed by atoms with Gasteiger partial charge in [0.05, 0.1) is 11.1 Å². The fraction of sp³-hybridized carbons (Fsp3) is 0.333. The van der Waals surface area contributed by atoms with Crippen LogP contribution in [0.3, 0.4) is 0 Å². The van der Waals surface area contributed by atoms with Crippen molar-refractivity contribution in [3.63, 3.8) is 0 Å². The molecule has 5 rings (SSSR count). The Bertz CT molecular complexity index is 1110. The van der Waals surface area contributed by atoms with Gasteiger partial charge in [0.2, 0.25) is 0 Å². The van der Waals surface area contributed by atoms with Crippen molar-refractivity contribution in [3.8, 4) is 0 Å². The Morgan fingerprint density at radius 2 is 1.48 bits per heavy atom. The van der Waals surface area contributed by atoms with Crippen LogP contribution in [0.5, 0.6) is 0 Å². The van der Waals surface area contributed by atoms with Crippen molar-refractivity contribution in [2.75, 3.05) is 41.3 Å². The third-order valence-electron chi connectivity index (χ3n) is 6.05. The highest BCUT2D eigenvalue weighted by Crippen LogP contribution is 2.31. The summed E-state index contributed by atoms with van der Waals surface area (Å²) in [6.07, 6.45) is 3.94. The lowest BCUT2D eigenvalue weighted by molar-refractivity contribution is 0.102. The van der Waals surface area contributed by atoms with Gasteiger partial charge in [0.15, 0.2) is 11.6 Å². The fourth-order valence-corrected chi connectivity index (χ4v) is 4.52. The van der Waals surface area contributed by atoms with Crippen molar-refractivity contribution in [2.24, 2.45) is 0 Å². The van der Waals surface area contributed by atoms with Gasteiger partial charge in [-0.15, -0.1) is 0 Å². The van der Waals surface area contributed by atoms with Crippen LogP contribution < -0.4 is 15.1 Å². The number of anilines is 3. The molecule has 1 amide bonds. The molecule has 5 nitrogen and oxygen atoms in total. The third-order valence-corrected chi connectivity index (χ3v) is 6.05. The summed E-state index contributed by atoms with van der Waals surface area (Å²) in [7, 11) is 0. The first-order valence-corrected chi connectivity index (χ1v) is 10.8. The van der Waals surface area contributed by atoms with Gasteiger partial charge in [-0.25, -0.2) is 13.8 Å². The molecule has 1 aromatic heterocycles. The van der Waals surface area contributed by atoms with Crippen molar-refractivity contribution >= 4 is 34.0 Å². The number of amides is 1. The zero-order chi connectivity index (χ0) is 21.4. The van der Waals surface area contributed by atoms with Crippen LogP contribution >= 0.6 is 0 Å². The molecule has 0 aliphatic carbocycles. The predicted octanol–water partition coefficient (Wildman–Crippen LogP) is 4.97. The Labute approximate surface area is 179 Å². The number of carbonyl (C=O) groups is 1. The van der Waals surface area contributed by atoms with Crippen LogP contribution in [0.25, 0.3) is 10.9 Å². The third kappa shape index (κ3) is 3.80. The normalized spacial score (nSPS) is 16.3. The molecule has 1 N–H and O–H groups in total. The number of rotatable bonds is 4. The molecule has 3 aromatic rings. The Morgan fingerprint density at radius 1 is 0.871 bits per heavy atom. The second kappa shape index (κ2) is 8.13. The molecule has 2 aliphatic rings. The van der Waals surface area contributed by atoms with Gasteiger partial charge in [-0.3, -0.25) is 4.79 Å². The summed E-state index contributed by atoms with van der Waals surface area (Å²) in [5, 5.41) is 3.53. The first kappa shape index (κ1) is 19.7. The van der Waals surface area contributed by atoms with Crippen LogP contribution in [-0.4, -0.2) is 37.1 Å². The molecule has 160 valence electrons. The number of benzene rings is 2. The second-order valence-electron chi connectivity index (χ2n) is 8.18. The predicted molar refractivity (Wildman–Crippen MR) is 119 cm³/mol. The maximum Gasteiger partial charge on any atom is 0.259 e. The van der Waals surface area contributed by atoms with Gasteiger partial charge < -0.3 is 15.1 Å². The first-order chi connectivity index (χ1) is 15.1. The maximum absolute atomic E-state index is 14.7. The van der Waals surface area contributed by atoms with Gasteiger partial charge in [0.1, 0.15) is 11.5 Å². The van der Waals surface area contributed by atoms with E-state index >= 15 is 0 Å². The number of para-hydroxylation sites is 1. The minimum absolute atomic E-state index is 0.0133. The highest BCUT2D eigenvalue weighted by molar-refractivity contribution is 6.09. The van der Waals surface area contributed by atoms with E-state index in [0.29, 0.717) is 24.5 Å². The van der Waals surface area contributed by atoms with Crippen LogP contribution in [0.4, 0.5) is 26.0 Å². The Morgan fingerprint density at radius 3 is 2.16 bits per heavy atom. The lowest BCUT2D eigenvalue weighted by Gasteiger charge is -2.21. The summed E-state index contributed by atoms with van der Waals surface area (Å²) in [4.78, 5) is 21.7. The summed E-state index contributed by atoms with van der Waals surface area (Å²) in [5.74, 6) is -1.13. The molecule has 2 aromatic carbocycles. The van der Waals surface area contributed by atoms with E-state index < -0.39 is 17.5 Å². The van der Waals surface area contributed by atoms with Crippen molar-refractivity contribution in [2.45, 2.75) is 25.7 Å². The Hall–Kier alpha value is -3.22. The van der Waals surface area contributed by atoms with E-state index in [9.17, 15) is 13.6 Å². The van der Waals surface area contributed by atoms with E-state index in [-0.39, 0.29) is 11.4 Å². The number of hydrogen-bond acceptors (Lipinski definition) is 4. The van der Waals surface area contributed by atoms with Gasteiger partial charge in [-0.2, -0.15) is 0 Å². The number of nitrogens with one attached hydrogen (secondary N) is 1. The number of pyridine rings is 1. The number of carbonyl (C=O) groups excluding carboxylic acids is 1. The molecule has 0 spiro atoms. The van der Waals surface area contributed by atoms with E-state index in [0.717, 1.165) is 49.7 Å². The van der Waals surface area contributed by atoms with Crippen molar-refractivity contribution in [1.82, 2.24) is 4.98 Å². The molecule has 0 atom stereocenters. The largest absolute Gasteiger partial charge is 0.367 e. The second-order valence-corrected chi connectivity index (χ2v) is 8.18. The average molecular weight is 422 g/mol. The average Bonchev–Trinajstić information content (AvgIpc) is 3.47. The van der Waals surface area contributed by atoms with Crippen LogP contribution in [-0.2, 0) is 0 Å². The van der Waals surface area contributed by atoms with Crippen LogP contribution in [0, 0.1) is 11.6 Å². The molecule has 2 aliphatic heterocycles. The van der Waals surface area contributed by atoms with E-state index in [1.807, 2.05) is 24.3 Å².